The van der Waals surface area contributed by atoms with Crippen molar-refractivity contribution < 1.29 is 0 Å². The van der Waals surface area contributed by atoms with E-state index in [0.29, 0.717) is 0 Å². The molecule has 0 fully saturated rings. The van der Waals surface area contributed by atoms with E-state index in [0.717, 1.165) is 18.7 Å². The molecule has 0 saturated heterocycles. The first kappa shape index (κ1) is 13.5. The Bertz CT molecular complexity index is 534. The average Bonchev–Trinajstić information content (AvgIpc) is 2.80. The van der Waals surface area contributed by atoms with Gasteiger partial charge in [-0.05, 0) is 53.1 Å². The predicted octanol–water partition coefficient (Wildman–Crippen LogP) is 3.25. The number of nitrogens with zero attached hydrogens (tertiary/aromatic N) is 2. The highest BCUT2D eigenvalue weighted by molar-refractivity contribution is 14.1. The van der Waals surface area contributed by atoms with Crippen molar-refractivity contribution in [3.05, 3.63) is 50.9 Å². The van der Waals surface area contributed by atoms with Crippen LogP contribution in [0.2, 0.25) is 0 Å². The number of aromatic nitrogens is 2. The molecule has 0 aliphatic rings. The summed E-state index contributed by atoms with van der Waals surface area (Å²) in [5.74, 6) is 0. The van der Waals surface area contributed by atoms with E-state index in [-0.39, 0.29) is 6.04 Å². The molecule has 96 valence electrons. The molecule has 1 aromatic heterocycles. The number of rotatable bonds is 4. The quantitative estimate of drug-likeness (QED) is 0.856. The Morgan fingerprint density at radius 3 is 2.89 bits per heavy atom. The van der Waals surface area contributed by atoms with E-state index in [1.165, 1.54) is 14.7 Å². The Hall–Kier alpha value is -0.880. The molecule has 2 rings (SSSR count). The molecule has 3 nitrogen and oxygen atoms in total. The molecule has 0 aliphatic heterocycles. The van der Waals surface area contributed by atoms with Crippen LogP contribution in [0.15, 0.2) is 30.5 Å². The minimum Gasteiger partial charge on any atom is -0.319 e. The van der Waals surface area contributed by atoms with Crippen molar-refractivity contribution in [1.82, 2.24) is 9.78 Å². The summed E-state index contributed by atoms with van der Waals surface area (Å²) in [6, 6.07) is 8.18. The third-order valence-electron chi connectivity index (χ3n) is 3.06. The number of halogens is 1. The Morgan fingerprint density at radius 2 is 2.17 bits per heavy atom. The highest BCUT2D eigenvalue weighted by atomic mass is 127. The summed E-state index contributed by atoms with van der Waals surface area (Å²) < 4.78 is 3.25. The fraction of sp³-hybridized carbons (Fsp3) is 0.357. The Kier molecular flexibility index (Phi) is 4.40. The number of benzene rings is 1. The van der Waals surface area contributed by atoms with Crippen LogP contribution in [-0.4, -0.2) is 9.78 Å². The first-order valence-electron chi connectivity index (χ1n) is 6.17. The second-order valence-electron chi connectivity index (χ2n) is 4.44. The average molecular weight is 355 g/mol. The van der Waals surface area contributed by atoms with Gasteiger partial charge in [-0.2, -0.15) is 5.10 Å². The third kappa shape index (κ3) is 2.59. The fourth-order valence-corrected chi connectivity index (χ4v) is 2.77. The monoisotopic (exact) mass is 355 g/mol. The fourth-order valence-electron chi connectivity index (χ4n) is 2.08. The summed E-state index contributed by atoms with van der Waals surface area (Å²) in [6.45, 7) is 5.17. The van der Waals surface area contributed by atoms with Crippen LogP contribution in [0, 0.1) is 10.5 Å². The van der Waals surface area contributed by atoms with Crippen molar-refractivity contribution in [2.45, 2.75) is 32.9 Å². The number of hydrogen-bond donors (Lipinski definition) is 1. The molecule has 0 spiro atoms. The molecule has 1 aromatic carbocycles. The van der Waals surface area contributed by atoms with Crippen LogP contribution in [0.3, 0.4) is 0 Å². The van der Waals surface area contributed by atoms with Crippen molar-refractivity contribution in [1.29, 1.82) is 0 Å². The molecule has 0 aliphatic carbocycles. The molecule has 4 heteroatoms. The maximum absolute atomic E-state index is 6.40. The maximum atomic E-state index is 6.40. The third-order valence-corrected chi connectivity index (χ3v) is 4.53. The lowest BCUT2D eigenvalue weighted by Gasteiger charge is -2.17. The zero-order chi connectivity index (χ0) is 13.1. The highest BCUT2D eigenvalue weighted by Crippen LogP contribution is 2.26. The Labute approximate surface area is 122 Å². The van der Waals surface area contributed by atoms with Gasteiger partial charge in [-0.25, -0.2) is 0 Å². The van der Waals surface area contributed by atoms with Crippen molar-refractivity contribution in [2.75, 3.05) is 0 Å². The van der Waals surface area contributed by atoms with E-state index in [1.807, 2.05) is 16.9 Å². The molecule has 0 saturated carbocycles. The van der Waals surface area contributed by atoms with Crippen molar-refractivity contribution in [3.63, 3.8) is 0 Å². The van der Waals surface area contributed by atoms with E-state index in [2.05, 4.69) is 59.7 Å². The summed E-state index contributed by atoms with van der Waals surface area (Å²) in [7, 11) is 0. The molecule has 1 atom stereocenters. The van der Waals surface area contributed by atoms with Gasteiger partial charge < -0.3 is 5.73 Å². The Balaban J connectivity index is 2.38. The van der Waals surface area contributed by atoms with Crippen molar-refractivity contribution in [2.24, 2.45) is 5.73 Å². The van der Waals surface area contributed by atoms with Crippen molar-refractivity contribution >= 4 is 22.6 Å². The van der Waals surface area contributed by atoms with Gasteiger partial charge in [-0.1, -0.05) is 25.1 Å². The molecular formula is C14H18IN3. The molecule has 18 heavy (non-hydrogen) atoms. The van der Waals surface area contributed by atoms with Gasteiger partial charge in [0.2, 0.25) is 0 Å². The van der Waals surface area contributed by atoms with Crippen LogP contribution in [0.25, 0.3) is 0 Å². The Morgan fingerprint density at radius 1 is 1.39 bits per heavy atom. The smallest absolute Gasteiger partial charge is 0.0733 e. The van der Waals surface area contributed by atoms with E-state index < -0.39 is 0 Å². The summed E-state index contributed by atoms with van der Waals surface area (Å²) >= 11 is 2.37. The number of hydrogen-bond acceptors (Lipinski definition) is 2. The molecule has 1 unspecified atom stereocenters. The summed E-state index contributed by atoms with van der Waals surface area (Å²) in [4.78, 5) is 0. The summed E-state index contributed by atoms with van der Waals surface area (Å²) in [5, 5.41) is 4.34. The van der Waals surface area contributed by atoms with E-state index >= 15 is 0 Å². The molecule has 0 bridgehead atoms. The van der Waals surface area contributed by atoms with E-state index in [1.54, 1.807) is 0 Å². The van der Waals surface area contributed by atoms with Gasteiger partial charge >= 0.3 is 0 Å². The van der Waals surface area contributed by atoms with Crippen LogP contribution in [0.5, 0.6) is 0 Å². The van der Waals surface area contributed by atoms with Crippen LogP contribution in [-0.2, 0) is 6.54 Å². The first-order chi connectivity index (χ1) is 8.65. The van der Waals surface area contributed by atoms with Crippen LogP contribution >= 0.6 is 22.6 Å². The van der Waals surface area contributed by atoms with E-state index in [4.69, 9.17) is 5.73 Å². The van der Waals surface area contributed by atoms with Gasteiger partial charge in [0.25, 0.3) is 0 Å². The standard InChI is InChI=1S/C14H18IN3/c1-3-9-18-12(7-8-17-18)14(16)11-6-4-5-10(2)13(11)15/h4-8,14H,3,9,16H2,1-2H3. The van der Waals surface area contributed by atoms with E-state index in [9.17, 15) is 0 Å². The van der Waals surface area contributed by atoms with Gasteiger partial charge in [0, 0.05) is 16.3 Å². The zero-order valence-electron chi connectivity index (χ0n) is 10.7. The lowest BCUT2D eigenvalue weighted by atomic mass is 10.0. The molecule has 0 radical (unpaired) electrons. The number of aryl methyl sites for hydroxylation is 2. The van der Waals surface area contributed by atoms with Crippen LogP contribution < -0.4 is 5.73 Å². The first-order valence-corrected chi connectivity index (χ1v) is 7.25. The zero-order valence-corrected chi connectivity index (χ0v) is 12.9. The summed E-state index contributed by atoms with van der Waals surface area (Å²) in [6.07, 6.45) is 2.89. The highest BCUT2D eigenvalue weighted by Gasteiger charge is 2.16. The van der Waals surface area contributed by atoms with Gasteiger partial charge in [-0.15, -0.1) is 0 Å². The lowest BCUT2D eigenvalue weighted by molar-refractivity contribution is 0.559. The van der Waals surface area contributed by atoms with Crippen LogP contribution in [0.4, 0.5) is 0 Å². The molecule has 2 aromatic rings. The van der Waals surface area contributed by atoms with Gasteiger partial charge in [0.05, 0.1) is 11.7 Å². The second kappa shape index (κ2) is 5.84. The molecule has 1 heterocycles. The second-order valence-corrected chi connectivity index (χ2v) is 5.51. The maximum Gasteiger partial charge on any atom is 0.0733 e. The summed E-state index contributed by atoms with van der Waals surface area (Å²) in [5.41, 5.74) is 9.92. The lowest BCUT2D eigenvalue weighted by Crippen LogP contribution is -2.18. The van der Waals surface area contributed by atoms with Gasteiger partial charge in [0.15, 0.2) is 0 Å². The van der Waals surface area contributed by atoms with Gasteiger partial charge in [-0.3, -0.25) is 4.68 Å². The molecule has 0 amide bonds. The minimum atomic E-state index is -0.106. The molecule has 2 N–H and O–H groups in total. The number of nitrogens with two attached hydrogens (primary N) is 1. The molecular weight excluding hydrogens is 337 g/mol. The van der Waals surface area contributed by atoms with Crippen molar-refractivity contribution in [3.8, 4) is 0 Å². The van der Waals surface area contributed by atoms with Crippen LogP contribution in [0.1, 0.15) is 36.2 Å². The largest absolute Gasteiger partial charge is 0.319 e. The SMILES string of the molecule is CCCn1nccc1C(N)c1cccc(C)c1I. The van der Waals surface area contributed by atoms with Gasteiger partial charge in [0.1, 0.15) is 0 Å². The topological polar surface area (TPSA) is 43.8 Å². The minimum absolute atomic E-state index is 0.106. The normalized spacial score (nSPS) is 12.7. The predicted molar refractivity (Wildman–Crippen MR) is 82.4 cm³/mol.